The first-order chi connectivity index (χ1) is 11.4. The molecule has 0 aliphatic rings. The van der Waals surface area contributed by atoms with E-state index in [0.29, 0.717) is 27.2 Å². The standard InChI is InChI=1S/C17H12FIN2O2S/c1-9-6-10(2-4-13(9)18)15(22)8-24-17-20-14-5-3-11(19)7-12(14)16(23)21-17/h2-7H,8H2,1H3,(H,20,21,23). The predicted molar refractivity (Wildman–Crippen MR) is 101 cm³/mol. The highest BCUT2D eigenvalue weighted by Gasteiger charge is 2.11. The Kier molecular flexibility index (Phi) is 5.00. The fourth-order valence-corrected chi connectivity index (χ4v) is 3.45. The molecule has 0 saturated heterocycles. The van der Waals surface area contributed by atoms with Gasteiger partial charge in [0.1, 0.15) is 5.82 Å². The van der Waals surface area contributed by atoms with E-state index in [-0.39, 0.29) is 22.9 Å². The van der Waals surface area contributed by atoms with Crippen molar-refractivity contribution in [2.75, 3.05) is 5.75 Å². The number of rotatable bonds is 4. The smallest absolute Gasteiger partial charge is 0.259 e. The third kappa shape index (κ3) is 3.67. The molecule has 0 radical (unpaired) electrons. The van der Waals surface area contributed by atoms with Crippen molar-refractivity contribution in [3.63, 3.8) is 0 Å². The summed E-state index contributed by atoms with van der Waals surface area (Å²) in [7, 11) is 0. The fraction of sp³-hybridized carbons (Fsp3) is 0.118. The highest BCUT2D eigenvalue weighted by Crippen LogP contribution is 2.19. The summed E-state index contributed by atoms with van der Waals surface area (Å²) in [6.07, 6.45) is 0. The Bertz CT molecular complexity index is 1000. The van der Waals surface area contributed by atoms with Crippen molar-refractivity contribution in [1.29, 1.82) is 0 Å². The highest BCUT2D eigenvalue weighted by molar-refractivity contribution is 14.1. The van der Waals surface area contributed by atoms with Crippen LogP contribution in [0.15, 0.2) is 46.3 Å². The van der Waals surface area contributed by atoms with Gasteiger partial charge in [0.15, 0.2) is 10.9 Å². The second-order valence-electron chi connectivity index (χ2n) is 5.21. The van der Waals surface area contributed by atoms with Gasteiger partial charge in [-0.2, -0.15) is 0 Å². The Balaban J connectivity index is 1.80. The predicted octanol–water partition coefficient (Wildman–Crippen LogP) is 3.95. The maximum atomic E-state index is 13.3. The second-order valence-corrected chi connectivity index (χ2v) is 7.42. The van der Waals surface area contributed by atoms with Gasteiger partial charge in [-0.15, -0.1) is 0 Å². The van der Waals surface area contributed by atoms with Crippen LogP contribution in [-0.4, -0.2) is 21.5 Å². The maximum absolute atomic E-state index is 13.3. The van der Waals surface area contributed by atoms with E-state index in [0.717, 1.165) is 15.3 Å². The quantitative estimate of drug-likeness (QED) is 0.281. The topological polar surface area (TPSA) is 62.8 Å². The van der Waals surface area contributed by atoms with Gasteiger partial charge in [-0.05, 0) is 71.5 Å². The zero-order valence-corrected chi connectivity index (χ0v) is 15.6. The van der Waals surface area contributed by atoms with Gasteiger partial charge in [0, 0.05) is 9.13 Å². The lowest BCUT2D eigenvalue weighted by Gasteiger charge is -2.04. The molecule has 24 heavy (non-hydrogen) atoms. The Morgan fingerprint density at radius 2 is 2.08 bits per heavy atom. The van der Waals surface area contributed by atoms with Crippen molar-refractivity contribution >= 4 is 51.0 Å². The van der Waals surface area contributed by atoms with Crippen LogP contribution in [0.1, 0.15) is 15.9 Å². The lowest BCUT2D eigenvalue weighted by atomic mass is 10.1. The number of thioether (sulfide) groups is 1. The molecule has 1 heterocycles. The minimum atomic E-state index is -0.339. The Labute approximate surface area is 155 Å². The number of aromatic nitrogens is 2. The first kappa shape index (κ1) is 17.1. The van der Waals surface area contributed by atoms with E-state index in [9.17, 15) is 14.0 Å². The van der Waals surface area contributed by atoms with E-state index in [1.54, 1.807) is 19.1 Å². The summed E-state index contributed by atoms with van der Waals surface area (Å²) in [5.74, 6) is -0.369. The molecule has 4 nitrogen and oxygen atoms in total. The minimum Gasteiger partial charge on any atom is -0.301 e. The van der Waals surface area contributed by atoms with Crippen LogP contribution < -0.4 is 5.56 Å². The molecule has 0 aliphatic carbocycles. The van der Waals surface area contributed by atoms with Crippen LogP contribution in [0.25, 0.3) is 10.9 Å². The van der Waals surface area contributed by atoms with Gasteiger partial charge >= 0.3 is 0 Å². The van der Waals surface area contributed by atoms with Crippen LogP contribution in [0.3, 0.4) is 0 Å². The highest BCUT2D eigenvalue weighted by atomic mass is 127. The van der Waals surface area contributed by atoms with Crippen LogP contribution in [-0.2, 0) is 0 Å². The monoisotopic (exact) mass is 454 g/mol. The summed E-state index contributed by atoms with van der Waals surface area (Å²) in [4.78, 5) is 31.4. The number of fused-ring (bicyclic) bond motifs is 1. The number of carbonyl (C=O) groups is 1. The number of ketones is 1. The number of nitrogens with zero attached hydrogens (tertiary/aromatic N) is 1. The molecule has 0 bridgehead atoms. The second kappa shape index (κ2) is 7.02. The minimum absolute atomic E-state index is 0.115. The number of carbonyl (C=O) groups excluding carboxylic acids is 1. The van der Waals surface area contributed by atoms with Crippen LogP contribution in [0.4, 0.5) is 4.39 Å². The third-order valence-corrected chi connectivity index (χ3v) is 5.01. The van der Waals surface area contributed by atoms with Crippen LogP contribution in [0.5, 0.6) is 0 Å². The number of aryl methyl sites for hydroxylation is 1. The summed E-state index contributed by atoms with van der Waals surface area (Å²) in [6.45, 7) is 1.61. The molecule has 122 valence electrons. The normalized spacial score (nSPS) is 11.0. The summed E-state index contributed by atoms with van der Waals surface area (Å²) >= 11 is 3.29. The molecule has 0 saturated carbocycles. The van der Waals surface area contributed by atoms with Crippen LogP contribution >= 0.6 is 34.4 Å². The number of hydrogen-bond acceptors (Lipinski definition) is 4. The van der Waals surface area contributed by atoms with Gasteiger partial charge in [0.25, 0.3) is 5.56 Å². The van der Waals surface area contributed by atoms with E-state index in [1.807, 2.05) is 6.07 Å². The molecule has 1 N–H and O–H groups in total. The number of hydrogen-bond donors (Lipinski definition) is 1. The Morgan fingerprint density at radius 3 is 2.83 bits per heavy atom. The number of H-pyrrole nitrogens is 1. The molecule has 7 heteroatoms. The Hall–Kier alpha value is -1.74. The van der Waals surface area contributed by atoms with Crippen LogP contribution in [0, 0.1) is 16.3 Å². The average molecular weight is 454 g/mol. The summed E-state index contributed by atoms with van der Waals surface area (Å²) < 4.78 is 14.2. The molecule has 0 fully saturated rings. The van der Waals surface area contributed by atoms with Gasteiger partial charge in [0.05, 0.1) is 16.7 Å². The first-order valence-electron chi connectivity index (χ1n) is 7.06. The molecule has 1 aromatic heterocycles. The van der Waals surface area contributed by atoms with Crippen molar-refractivity contribution in [3.05, 3.63) is 67.3 Å². The lowest BCUT2D eigenvalue weighted by molar-refractivity contribution is 0.102. The number of aromatic amines is 1. The zero-order valence-electron chi connectivity index (χ0n) is 12.6. The van der Waals surface area contributed by atoms with Gasteiger partial charge in [-0.3, -0.25) is 9.59 Å². The molecule has 0 amide bonds. The molecule has 0 spiro atoms. The SMILES string of the molecule is Cc1cc(C(=O)CSc2nc3ccc(I)cc3c(=O)[nH]2)ccc1F. The maximum Gasteiger partial charge on any atom is 0.259 e. The van der Waals surface area contributed by atoms with E-state index in [2.05, 4.69) is 32.6 Å². The molecule has 2 aromatic carbocycles. The molecule has 0 atom stereocenters. The van der Waals surface area contributed by atoms with Crippen molar-refractivity contribution in [2.24, 2.45) is 0 Å². The fourth-order valence-electron chi connectivity index (χ4n) is 2.19. The summed E-state index contributed by atoms with van der Waals surface area (Å²) in [5.41, 5.74) is 1.23. The Morgan fingerprint density at radius 1 is 1.29 bits per heavy atom. The van der Waals surface area contributed by atoms with Crippen LogP contribution in [0.2, 0.25) is 0 Å². The zero-order chi connectivity index (χ0) is 17.3. The van der Waals surface area contributed by atoms with Gasteiger partial charge < -0.3 is 4.98 Å². The molecule has 0 aliphatic heterocycles. The lowest BCUT2D eigenvalue weighted by Crippen LogP contribution is -2.11. The van der Waals surface area contributed by atoms with Crippen molar-refractivity contribution in [2.45, 2.75) is 12.1 Å². The number of halogens is 2. The largest absolute Gasteiger partial charge is 0.301 e. The van der Waals surface area contributed by atoms with Gasteiger partial charge in [-0.1, -0.05) is 11.8 Å². The van der Waals surface area contributed by atoms with E-state index in [1.165, 1.54) is 18.2 Å². The molecular formula is C17H12FIN2O2S. The third-order valence-electron chi connectivity index (χ3n) is 3.47. The van der Waals surface area contributed by atoms with E-state index in [4.69, 9.17) is 0 Å². The van der Waals surface area contributed by atoms with Gasteiger partial charge in [-0.25, -0.2) is 9.37 Å². The first-order valence-corrected chi connectivity index (χ1v) is 9.12. The van der Waals surface area contributed by atoms with Gasteiger partial charge in [0.2, 0.25) is 0 Å². The molecule has 3 aromatic rings. The van der Waals surface area contributed by atoms with Crippen molar-refractivity contribution in [3.8, 4) is 0 Å². The molecular weight excluding hydrogens is 442 g/mol. The number of Topliss-reactive ketones (excluding diaryl/α,β-unsaturated/α-hetero) is 1. The summed E-state index contributed by atoms with van der Waals surface area (Å²) in [5, 5.41) is 0.910. The van der Waals surface area contributed by atoms with Crippen molar-refractivity contribution in [1.82, 2.24) is 9.97 Å². The molecule has 3 rings (SSSR count). The number of nitrogens with one attached hydrogen (secondary N) is 1. The number of benzene rings is 2. The summed E-state index contributed by atoms with van der Waals surface area (Å²) in [6, 6.07) is 9.69. The van der Waals surface area contributed by atoms with E-state index >= 15 is 0 Å². The van der Waals surface area contributed by atoms with Crippen molar-refractivity contribution < 1.29 is 9.18 Å². The molecule has 0 unspecified atom stereocenters. The average Bonchev–Trinajstić information content (AvgIpc) is 2.56. The van der Waals surface area contributed by atoms with E-state index < -0.39 is 0 Å².